The Morgan fingerprint density at radius 3 is 2.37 bits per heavy atom. The van der Waals surface area contributed by atoms with Crippen molar-refractivity contribution in [3.8, 4) is 0 Å². The molecule has 2 rings (SSSR count). The maximum absolute atomic E-state index is 3.62. The largest absolute Gasteiger partial charge is 0.317 e. The summed E-state index contributed by atoms with van der Waals surface area (Å²) in [6.07, 6.45) is 10.3. The van der Waals surface area contributed by atoms with Gasteiger partial charge in [0.25, 0.3) is 0 Å². The molecule has 0 aliphatic heterocycles. The quantitative estimate of drug-likeness (QED) is 0.765. The minimum atomic E-state index is 0.594. The molecule has 0 spiro atoms. The lowest BCUT2D eigenvalue weighted by molar-refractivity contribution is 0.0518. The molecule has 2 saturated carbocycles. The van der Waals surface area contributed by atoms with Gasteiger partial charge in [0.05, 0.1) is 0 Å². The first-order valence-corrected chi connectivity index (χ1v) is 8.72. The van der Waals surface area contributed by atoms with Crippen LogP contribution >= 0.6 is 0 Å². The first-order valence-electron chi connectivity index (χ1n) is 8.72. The summed E-state index contributed by atoms with van der Waals surface area (Å²) >= 11 is 0. The van der Waals surface area contributed by atoms with E-state index in [0.717, 1.165) is 30.2 Å². The Labute approximate surface area is 120 Å². The molecule has 0 heterocycles. The summed E-state index contributed by atoms with van der Waals surface area (Å²) in [7, 11) is 0. The van der Waals surface area contributed by atoms with Crippen LogP contribution in [-0.2, 0) is 0 Å². The Kier molecular flexibility index (Phi) is 5.34. The van der Waals surface area contributed by atoms with Gasteiger partial charge in [-0.25, -0.2) is 0 Å². The van der Waals surface area contributed by atoms with Crippen molar-refractivity contribution >= 4 is 0 Å². The Balaban J connectivity index is 1.98. The fourth-order valence-corrected chi connectivity index (χ4v) is 4.55. The molecule has 19 heavy (non-hydrogen) atoms. The molecule has 2 aliphatic rings. The molecular weight excluding hydrogens is 230 g/mol. The summed E-state index contributed by atoms with van der Waals surface area (Å²) in [6.45, 7) is 12.1. The second kappa shape index (κ2) is 6.61. The van der Waals surface area contributed by atoms with Gasteiger partial charge in [0.15, 0.2) is 0 Å². The Hall–Kier alpha value is -0.0400. The van der Waals surface area contributed by atoms with Crippen LogP contribution in [0, 0.1) is 29.1 Å². The minimum absolute atomic E-state index is 0.594. The molecule has 0 radical (unpaired) electrons. The molecule has 0 saturated heterocycles. The fourth-order valence-electron chi connectivity index (χ4n) is 4.55. The smallest absolute Gasteiger partial charge is 0.00179 e. The van der Waals surface area contributed by atoms with Crippen LogP contribution in [0.5, 0.6) is 0 Å². The van der Waals surface area contributed by atoms with E-state index in [0.29, 0.717) is 5.41 Å². The van der Waals surface area contributed by atoms with E-state index in [4.69, 9.17) is 0 Å². The van der Waals surface area contributed by atoms with E-state index < -0.39 is 0 Å². The SMILES string of the molecule is CCNCC1CCC(C)(C)CC1C1CCC(C)CC1. The van der Waals surface area contributed by atoms with Crippen molar-refractivity contribution in [3.05, 3.63) is 0 Å². The van der Waals surface area contributed by atoms with Crippen molar-refractivity contribution in [3.63, 3.8) is 0 Å². The number of hydrogen-bond donors (Lipinski definition) is 1. The highest BCUT2D eigenvalue weighted by Gasteiger charge is 2.39. The van der Waals surface area contributed by atoms with Crippen molar-refractivity contribution < 1.29 is 0 Å². The van der Waals surface area contributed by atoms with Gasteiger partial charge >= 0.3 is 0 Å². The molecule has 2 fully saturated rings. The maximum atomic E-state index is 3.62. The molecule has 0 amide bonds. The summed E-state index contributed by atoms with van der Waals surface area (Å²) in [5.74, 6) is 3.96. The standard InChI is InChI=1S/C18H35N/c1-5-19-13-16-10-11-18(3,4)12-17(16)15-8-6-14(2)7-9-15/h14-17,19H,5-13H2,1-4H3. The highest BCUT2D eigenvalue weighted by atomic mass is 14.8. The molecular formula is C18H35N. The average Bonchev–Trinajstić information content (AvgIpc) is 2.37. The number of nitrogens with one attached hydrogen (secondary N) is 1. The van der Waals surface area contributed by atoms with E-state index in [9.17, 15) is 0 Å². The summed E-state index contributed by atoms with van der Waals surface area (Å²) in [4.78, 5) is 0. The van der Waals surface area contributed by atoms with E-state index >= 15 is 0 Å². The summed E-state index contributed by atoms with van der Waals surface area (Å²) in [6, 6.07) is 0. The average molecular weight is 265 g/mol. The van der Waals surface area contributed by atoms with E-state index in [1.807, 2.05) is 0 Å². The molecule has 1 nitrogen and oxygen atoms in total. The molecule has 2 unspecified atom stereocenters. The zero-order chi connectivity index (χ0) is 13.9. The fraction of sp³-hybridized carbons (Fsp3) is 1.00. The van der Waals surface area contributed by atoms with E-state index in [-0.39, 0.29) is 0 Å². The molecule has 0 aromatic rings. The highest BCUT2D eigenvalue weighted by Crippen LogP contribution is 2.48. The zero-order valence-electron chi connectivity index (χ0n) is 13.7. The molecule has 0 aromatic heterocycles. The van der Waals surface area contributed by atoms with Crippen LogP contribution in [0.15, 0.2) is 0 Å². The van der Waals surface area contributed by atoms with Gasteiger partial charge in [-0.15, -0.1) is 0 Å². The van der Waals surface area contributed by atoms with Crippen molar-refractivity contribution in [1.82, 2.24) is 5.32 Å². The van der Waals surface area contributed by atoms with Gasteiger partial charge in [0.2, 0.25) is 0 Å². The molecule has 2 atom stereocenters. The zero-order valence-corrected chi connectivity index (χ0v) is 13.7. The third-order valence-corrected chi connectivity index (χ3v) is 5.91. The number of rotatable bonds is 4. The minimum Gasteiger partial charge on any atom is -0.317 e. The van der Waals surface area contributed by atoms with E-state index in [2.05, 4.69) is 33.0 Å². The Bertz CT molecular complexity index is 258. The van der Waals surface area contributed by atoms with Crippen molar-refractivity contribution in [2.45, 2.75) is 72.6 Å². The second-order valence-electron chi connectivity index (χ2n) is 8.16. The van der Waals surface area contributed by atoms with Gasteiger partial charge < -0.3 is 5.32 Å². The van der Waals surface area contributed by atoms with Crippen LogP contribution in [0.3, 0.4) is 0 Å². The molecule has 0 aromatic carbocycles. The predicted molar refractivity (Wildman–Crippen MR) is 84.3 cm³/mol. The summed E-state index contributed by atoms with van der Waals surface area (Å²) < 4.78 is 0. The van der Waals surface area contributed by atoms with Gasteiger partial charge in [-0.1, -0.05) is 40.5 Å². The Morgan fingerprint density at radius 2 is 1.74 bits per heavy atom. The van der Waals surface area contributed by atoms with Crippen LogP contribution in [-0.4, -0.2) is 13.1 Å². The van der Waals surface area contributed by atoms with Gasteiger partial charge in [0, 0.05) is 0 Å². The predicted octanol–water partition coefficient (Wildman–Crippen LogP) is 4.86. The monoisotopic (exact) mass is 265 g/mol. The topological polar surface area (TPSA) is 12.0 Å². The van der Waals surface area contributed by atoms with Crippen molar-refractivity contribution in [1.29, 1.82) is 0 Å². The molecule has 0 bridgehead atoms. The Morgan fingerprint density at radius 1 is 1.05 bits per heavy atom. The van der Waals surface area contributed by atoms with Crippen LogP contribution in [0.2, 0.25) is 0 Å². The van der Waals surface area contributed by atoms with Crippen LogP contribution in [0.4, 0.5) is 0 Å². The summed E-state index contributed by atoms with van der Waals surface area (Å²) in [5, 5.41) is 3.62. The first kappa shape index (κ1) is 15.4. The molecule has 1 N–H and O–H groups in total. The third kappa shape index (κ3) is 4.21. The van der Waals surface area contributed by atoms with Crippen molar-refractivity contribution in [2.24, 2.45) is 29.1 Å². The van der Waals surface area contributed by atoms with Crippen molar-refractivity contribution in [2.75, 3.05) is 13.1 Å². The van der Waals surface area contributed by atoms with E-state index in [1.165, 1.54) is 51.5 Å². The summed E-state index contributed by atoms with van der Waals surface area (Å²) in [5.41, 5.74) is 0.594. The lowest BCUT2D eigenvalue weighted by atomic mass is 9.60. The second-order valence-corrected chi connectivity index (χ2v) is 8.16. The molecule has 1 heteroatoms. The van der Waals surface area contributed by atoms with Crippen LogP contribution in [0.1, 0.15) is 72.6 Å². The van der Waals surface area contributed by atoms with Gasteiger partial charge in [0.1, 0.15) is 0 Å². The molecule has 112 valence electrons. The number of hydrogen-bond acceptors (Lipinski definition) is 1. The lowest BCUT2D eigenvalue weighted by Gasteiger charge is -2.46. The normalized spacial score (nSPS) is 39.2. The van der Waals surface area contributed by atoms with E-state index in [1.54, 1.807) is 0 Å². The molecule has 2 aliphatic carbocycles. The first-order chi connectivity index (χ1) is 9.02. The van der Waals surface area contributed by atoms with Gasteiger partial charge in [-0.05, 0) is 74.3 Å². The van der Waals surface area contributed by atoms with Gasteiger partial charge in [-0.2, -0.15) is 0 Å². The third-order valence-electron chi connectivity index (χ3n) is 5.91. The highest BCUT2D eigenvalue weighted by molar-refractivity contribution is 4.90. The van der Waals surface area contributed by atoms with Gasteiger partial charge in [-0.3, -0.25) is 0 Å². The maximum Gasteiger partial charge on any atom is -0.00179 e. The van der Waals surface area contributed by atoms with Crippen LogP contribution < -0.4 is 5.32 Å². The van der Waals surface area contributed by atoms with Crippen LogP contribution in [0.25, 0.3) is 0 Å². The lowest BCUT2D eigenvalue weighted by Crippen LogP contribution is -2.40.